The molecule has 4 nitrogen and oxygen atoms in total. The second kappa shape index (κ2) is 7.02. The maximum absolute atomic E-state index is 10.9. The second-order valence-electron chi connectivity index (χ2n) is 4.70. The molecule has 1 N–H and O–H groups in total. The molecule has 0 fully saturated rings. The third-order valence-corrected chi connectivity index (χ3v) is 3.98. The van der Waals surface area contributed by atoms with E-state index in [4.69, 9.17) is 11.6 Å². The van der Waals surface area contributed by atoms with Crippen LogP contribution in [0, 0.1) is 10.1 Å². The summed E-state index contributed by atoms with van der Waals surface area (Å²) in [6, 6.07) is 13.0. The van der Waals surface area contributed by atoms with Gasteiger partial charge in [-0.3, -0.25) is 10.1 Å². The Hall–Kier alpha value is -1.43. The summed E-state index contributed by atoms with van der Waals surface area (Å²) >= 11 is 9.24. The maximum atomic E-state index is 10.9. The highest BCUT2D eigenvalue weighted by Gasteiger charge is 2.13. The van der Waals surface area contributed by atoms with E-state index in [1.165, 1.54) is 6.07 Å². The lowest BCUT2D eigenvalue weighted by molar-refractivity contribution is -0.384. The quantitative estimate of drug-likeness (QED) is 0.605. The predicted octanol–water partition coefficient (Wildman–Crippen LogP) is 4.86. The van der Waals surface area contributed by atoms with Gasteiger partial charge in [0.25, 0.3) is 5.69 Å². The van der Waals surface area contributed by atoms with E-state index in [2.05, 4.69) is 21.2 Å². The molecule has 1 atom stereocenters. The van der Waals surface area contributed by atoms with Crippen molar-refractivity contribution in [3.05, 3.63) is 73.2 Å². The van der Waals surface area contributed by atoms with Crippen LogP contribution < -0.4 is 5.32 Å². The Bertz CT molecular complexity index is 664. The first-order valence-corrected chi connectivity index (χ1v) is 7.56. The van der Waals surface area contributed by atoms with Crippen LogP contribution in [0.3, 0.4) is 0 Å². The molecular weight excluding hydrogens is 356 g/mol. The van der Waals surface area contributed by atoms with E-state index in [1.807, 2.05) is 31.2 Å². The highest BCUT2D eigenvalue weighted by atomic mass is 79.9. The number of nitrogens with one attached hydrogen (secondary N) is 1. The minimum absolute atomic E-state index is 0.0638. The van der Waals surface area contributed by atoms with Gasteiger partial charge in [-0.05, 0) is 36.2 Å². The van der Waals surface area contributed by atoms with Crippen molar-refractivity contribution in [1.82, 2.24) is 5.32 Å². The van der Waals surface area contributed by atoms with Gasteiger partial charge in [-0.2, -0.15) is 0 Å². The van der Waals surface area contributed by atoms with Crippen LogP contribution in [0.2, 0.25) is 5.02 Å². The summed E-state index contributed by atoms with van der Waals surface area (Å²) in [5, 5.41) is 14.4. The Morgan fingerprint density at radius 2 is 2.10 bits per heavy atom. The molecule has 0 spiro atoms. The van der Waals surface area contributed by atoms with E-state index in [1.54, 1.807) is 12.1 Å². The first-order chi connectivity index (χ1) is 9.97. The first-order valence-electron chi connectivity index (χ1n) is 6.39. The standard InChI is InChI=1S/C15H14BrClN2O2/c1-10(12-3-2-4-13(16)8-12)18-9-11-5-6-14(17)15(7-11)19(20)21/h2-8,10,18H,9H2,1H3. The molecule has 6 heteroatoms. The number of nitrogens with zero attached hydrogens (tertiary/aromatic N) is 1. The fourth-order valence-electron chi connectivity index (χ4n) is 1.97. The number of benzene rings is 2. The molecule has 0 saturated carbocycles. The van der Waals surface area contributed by atoms with Gasteiger partial charge in [0.05, 0.1) is 4.92 Å². The van der Waals surface area contributed by atoms with Gasteiger partial charge in [0.15, 0.2) is 0 Å². The van der Waals surface area contributed by atoms with Crippen molar-refractivity contribution in [2.75, 3.05) is 0 Å². The molecule has 110 valence electrons. The molecule has 0 bridgehead atoms. The normalized spacial score (nSPS) is 12.1. The molecular formula is C15H14BrClN2O2. The molecule has 0 aliphatic heterocycles. The van der Waals surface area contributed by atoms with Crippen molar-refractivity contribution >= 4 is 33.2 Å². The Morgan fingerprint density at radius 3 is 2.76 bits per heavy atom. The molecule has 0 saturated heterocycles. The van der Waals surface area contributed by atoms with Crippen molar-refractivity contribution in [2.24, 2.45) is 0 Å². The summed E-state index contributed by atoms with van der Waals surface area (Å²) in [5.41, 5.74) is 1.91. The van der Waals surface area contributed by atoms with Crippen LogP contribution >= 0.6 is 27.5 Å². The van der Waals surface area contributed by atoms with Gasteiger partial charge < -0.3 is 5.32 Å². The average molecular weight is 370 g/mol. The van der Waals surface area contributed by atoms with Crippen molar-refractivity contribution in [2.45, 2.75) is 19.5 Å². The van der Waals surface area contributed by atoms with Gasteiger partial charge >= 0.3 is 0 Å². The van der Waals surface area contributed by atoms with Gasteiger partial charge in [-0.25, -0.2) is 0 Å². The molecule has 0 aliphatic carbocycles. The minimum Gasteiger partial charge on any atom is -0.306 e. The first kappa shape index (κ1) is 15.9. The summed E-state index contributed by atoms with van der Waals surface area (Å²) in [7, 11) is 0. The van der Waals surface area contributed by atoms with Crippen LogP contribution in [-0.4, -0.2) is 4.92 Å². The SMILES string of the molecule is CC(NCc1ccc(Cl)c([N+](=O)[O-])c1)c1cccc(Br)c1. The highest BCUT2D eigenvalue weighted by molar-refractivity contribution is 9.10. The molecule has 2 rings (SSSR count). The predicted molar refractivity (Wildman–Crippen MR) is 87.5 cm³/mol. The lowest BCUT2D eigenvalue weighted by atomic mass is 10.1. The zero-order chi connectivity index (χ0) is 15.4. The lowest BCUT2D eigenvalue weighted by Gasteiger charge is -2.14. The van der Waals surface area contributed by atoms with E-state index >= 15 is 0 Å². The molecule has 1 unspecified atom stereocenters. The van der Waals surface area contributed by atoms with Crippen molar-refractivity contribution in [3.63, 3.8) is 0 Å². The van der Waals surface area contributed by atoms with Crippen LogP contribution in [0.5, 0.6) is 0 Å². The number of nitro benzene ring substituents is 1. The number of hydrogen-bond donors (Lipinski definition) is 1. The van der Waals surface area contributed by atoms with E-state index in [0.29, 0.717) is 6.54 Å². The summed E-state index contributed by atoms with van der Waals surface area (Å²) in [5.74, 6) is 0. The molecule has 0 amide bonds. The number of nitro groups is 1. The molecule has 21 heavy (non-hydrogen) atoms. The molecule has 0 aromatic heterocycles. The zero-order valence-corrected chi connectivity index (χ0v) is 13.7. The van der Waals surface area contributed by atoms with E-state index in [-0.39, 0.29) is 16.8 Å². The van der Waals surface area contributed by atoms with E-state index in [0.717, 1.165) is 15.6 Å². The molecule has 0 aliphatic rings. The number of hydrogen-bond acceptors (Lipinski definition) is 3. The fraction of sp³-hybridized carbons (Fsp3) is 0.200. The third-order valence-electron chi connectivity index (χ3n) is 3.17. The van der Waals surface area contributed by atoms with Gasteiger partial charge in [0, 0.05) is 23.1 Å². The summed E-state index contributed by atoms with van der Waals surface area (Å²) in [6.45, 7) is 2.58. The van der Waals surface area contributed by atoms with Crippen molar-refractivity contribution in [1.29, 1.82) is 0 Å². The zero-order valence-electron chi connectivity index (χ0n) is 11.3. The third kappa shape index (κ3) is 4.27. The van der Waals surface area contributed by atoms with Crippen molar-refractivity contribution < 1.29 is 4.92 Å². The van der Waals surface area contributed by atoms with Crippen LogP contribution in [0.15, 0.2) is 46.9 Å². The van der Waals surface area contributed by atoms with Crippen LogP contribution in [-0.2, 0) is 6.54 Å². The Kier molecular flexibility index (Phi) is 5.33. The van der Waals surface area contributed by atoms with E-state index in [9.17, 15) is 10.1 Å². The van der Waals surface area contributed by atoms with Gasteiger partial charge in [-0.1, -0.05) is 45.7 Å². The van der Waals surface area contributed by atoms with Crippen LogP contribution in [0.4, 0.5) is 5.69 Å². The number of halogens is 2. The fourth-order valence-corrected chi connectivity index (χ4v) is 2.58. The Labute approximate surface area is 136 Å². The Balaban J connectivity index is 2.06. The summed E-state index contributed by atoms with van der Waals surface area (Å²) < 4.78 is 1.02. The summed E-state index contributed by atoms with van der Waals surface area (Å²) in [4.78, 5) is 10.4. The van der Waals surface area contributed by atoms with Gasteiger partial charge in [-0.15, -0.1) is 0 Å². The molecule has 2 aromatic carbocycles. The van der Waals surface area contributed by atoms with Gasteiger partial charge in [0.2, 0.25) is 0 Å². The van der Waals surface area contributed by atoms with Gasteiger partial charge in [0.1, 0.15) is 5.02 Å². The molecule has 2 aromatic rings. The highest BCUT2D eigenvalue weighted by Crippen LogP contribution is 2.25. The Morgan fingerprint density at radius 1 is 1.33 bits per heavy atom. The second-order valence-corrected chi connectivity index (χ2v) is 6.02. The monoisotopic (exact) mass is 368 g/mol. The molecule has 0 heterocycles. The summed E-state index contributed by atoms with van der Waals surface area (Å²) in [6.07, 6.45) is 0. The maximum Gasteiger partial charge on any atom is 0.288 e. The minimum atomic E-state index is -0.469. The molecule has 0 radical (unpaired) electrons. The smallest absolute Gasteiger partial charge is 0.288 e. The van der Waals surface area contributed by atoms with Crippen molar-refractivity contribution in [3.8, 4) is 0 Å². The van der Waals surface area contributed by atoms with Crippen LogP contribution in [0.1, 0.15) is 24.1 Å². The largest absolute Gasteiger partial charge is 0.306 e. The van der Waals surface area contributed by atoms with Crippen LogP contribution in [0.25, 0.3) is 0 Å². The number of rotatable bonds is 5. The topological polar surface area (TPSA) is 55.2 Å². The lowest BCUT2D eigenvalue weighted by Crippen LogP contribution is -2.18. The van der Waals surface area contributed by atoms with E-state index < -0.39 is 4.92 Å². The average Bonchev–Trinajstić information content (AvgIpc) is 2.45.